The monoisotopic (exact) mass is 224 g/mol. The average molecular weight is 224 g/mol. The zero-order valence-corrected chi connectivity index (χ0v) is 9.14. The lowest BCUT2D eigenvalue weighted by Crippen LogP contribution is -2.15. The summed E-state index contributed by atoms with van der Waals surface area (Å²) in [7, 11) is -1.65. The summed E-state index contributed by atoms with van der Waals surface area (Å²) in [6, 6.07) is 5.11. The van der Waals surface area contributed by atoms with E-state index in [4.69, 9.17) is 5.73 Å². The highest BCUT2D eigenvalue weighted by Crippen LogP contribution is 2.35. The maximum Gasteiger partial charge on any atom is 0.206 e. The first-order valence-electron chi connectivity index (χ1n) is 4.56. The molecule has 1 aliphatic rings. The number of likely N-dealkylation sites (N-methyl/N-ethyl adjacent to an activating group) is 1. The van der Waals surface area contributed by atoms with E-state index in [1.54, 1.807) is 31.3 Å². The first kappa shape index (κ1) is 10.2. The summed E-state index contributed by atoms with van der Waals surface area (Å²) >= 11 is 0. The minimum Gasteiger partial charge on any atom is -0.398 e. The predicted octanol–water partition coefficient (Wildman–Crippen LogP) is 0.616. The molecule has 3 N–H and O–H groups in total. The number of benzene rings is 1. The number of nitrogens with one attached hydrogen (secondary N) is 1. The summed E-state index contributed by atoms with van der Waals surface area (Å²) in [5.74, 6) is 0. The van der Waals surface area contributed by atoms with Crippen LogP contribution in [0, 0.1) is 0 Å². The van der Waals surface area contributed by atoms with Gasteiger partial charge in [-0.25, -0.2) is 8.42 Å². The van der Waals surface area contributed by atoms with Gasteiger partial charge in [-0.3, -0.25) is 0 Å². The van der Waals surface area contributed by atoms with Crippen LogP contribution in [0.5, 0.6) is 0 Å². The van der Waals surface area contributed by atoms with E-state index in [0.29, 0.717) is 22.7 Å². The van der Waals surface area contributed by atoms with Gasteiger partial charge in [-0.2, -0.15) is 0 Å². The molecule has 0 unspecified atom stereocenters. The fourth-order valence-electron chi connectivity index (χ4n) is 1.70. The summed E-state index contributed by atoms with van der Waals surface area (Å²) in [6.07, 6.45) is 1.66. The molecule has 4 nitrogen and oxygen atoms in total. The van der Waals surface area contributed by atoms with Gasteiger partial charge in [0, 0.05) is 6.54 Å². The summed E-state index contributed by atoms with van der Waals surface area (Å²) in [4.78, 5) is 0.619. The normalized spacial score (nSPS) is 17.3. The van der Waals surface area contributed by atoms with E-state index in [0.717, 1.165) is 0 Å². The molecule has 15 heavy (non-hydrogen) atoms. The molecule has 1 heterocycles. The smallest absolute Gasteiger partial charge is 0.206 e. The Kier molecular flexibility index (Phi) is 2.28. The first-order chi connectivity index (χ1) is 7.07. The molecule has 0 aromatic heterocycles. The zero-order valence-electron chi connectivity index (χ0n) is 8.32. The average Bonchev–Trinajstić information content (AvgIpc) is 2.40. The molecule has 0 saturated heterocycles. The van der Waals surface area contributed by atoms with Crippen LogP contribution in [0.15, 0.2) is 28.0 Å². The molecule has 0 bridgehead atoms. The highest BCUT2D eigenvalue weighted by Gasteiger charge is 2.30. The van der Waals surface area contributed by atoms with Gasteiger partial charge < -0.3 is 11.1 Å². The molecule has 1 aromatic rings. The Bertz CT molecular complexity index is 532. The van der Waals surface area contributed by atoms with E-state index < -0.39 is 9.84 Å². The van der Waals surface area contributed by atoms with Crippen LogP contribution in [-0.2, 0) is 9.84 Å². The molecule has 1 aromatic carbocycles. The molecule has 0 amide bonds. The maximum atomic E-state index is 12.0. The largest absolute Gasteiger partial charge is 0.398 e. The van der Waals surface area contributed by atoms with E-state index in [-0.39, 0.29) is 4.90 Å². The Labute approximate surface area is 88.7 Å². The number of rotatable bonds is 2. The summed E-state index contributed by atoms with van der Waals surface area (Å²) < 4.78 is 24.0. The molecule has 0 spiro atoms. The highest BCUT2D eigenvalue weighted by molar-refractivity contribution is 7.96. The number of nitrogen functional groups attached to an aromatic ring is 1. The molecule has 0 saturated carbocycles. The van der Waals surface area contributed by atoms with Crippen LogP contribution in [0.4, 0.5) is 5.69 Å². The molecule has 0 aliphatic carbocycles. The minimum atomic E-state index is -3.37. The molecule has 0 atom stereocenters. The SMILES string of the molecule is CNCC1=Cc2cccc(N)c2S1(=O)=O. The molecule has 1 aliphatic heterocycles. The van der Waals surface area contributed by atoms with Crippen LogP contribution in [0.3, 0.4) is 0 Å². The Morgan fingerprint density at radius 2 is 2.13 bits per heavy atom. The second kappa shape index (κ2) is 3.36. The lowest BCUT2D eigenvalue weighted by Gasteiger charge is -2.05. The van der Waals surface area contributed by atoms with Gasteiger partial charge in [0.05, 0.1) is 10.6 Å². The Hall–Kier alpha value is -1.33. The number of hydrogen-bond donors (Lipinski definition) is 2. The van der Waals surface area contributed by atoms with Crippen molar-refractivity contribution >= 4 is 21.6 Å². The van der Waals surface area contributed by atoms with Gasteiger partial charge in [-0.1, -0.05) is 12.1 Å². The minimum absolute atomic E-state index is 0.246. The molecule has 80 valence electrons. The fourth-order valence-corrected chi connectivity index (χ4v) is 3.39. The Morgan fingerprint density at radius 3 is 2.73 bits per heavy atom. The number of anilines is 1. The van der Waals surface area contributed by atoms with Crippen molar-refractivity contribution in [2.24, 2.45) is 0 Å². The maximum absolute atomic E-state index is 12.0. The van der Waals surface area contributed by atoms with Crippen molar-refractivity contribution in [2.45, 2.75) is 4.90 Å². The van der Waals surface area contributed by atoms with E-state index >= 15 is 0 Å². The Morgan fingerprint density at radius 1 is 1.40 bits per heavy atom. The fraction of sp³-hybridized carbons (Fsp3) is 0.200. The number of hydrogen-bond acceptors (Lipinski definition) is 4. The van der Waals surface area contributed by atoms with E-state index in [9.17, 15) is 8.42 Å². The van der Waals surface area contributed by atoms with Gasteiger partial charge in [0.1, 0.15) is 4.90 Å². The predicted molar refractivity (Wildman–Crippen MR) is 59.9 cm³/mol. The van der Waals surface area contributed by atoms with Gasteiger partial charge in [-0.15, -0.1) is 0 Å². The van der Waals surface area contributed by atoms with Crippen LogP contribution in [-0.4, -0.2) is 22.0 Å². The third-order valence-electron chi connectivity index (χ3n) is 2.36. The van der Waals surface area contributed by atoms with E-state index in [2.05, 4.69) is 5.32 Å². The van der Waals surface area contributed by atoms with Gasteiger partial charge in [0.15, 0.2) is 0 Å². The lowest BCUT2D eigenvalue weighted by molar-refractivity contribution is 0.602. The van der Waals surface area contributed by atoms with Gasteiger partial charge in [0.2, 0.25) is 9.84 Å². The van der Waals surface area contributed by atoms with Crippen LogP contribution >= 0.6 is 0 Å². The summed E-state index contributed by atoms with van der Waals surface area (Å²) in [5.41, 5.74) is 6.67. The first-order valence-corrected chi connectivity index (χ1v) is 6.04. The van der Waals surface area contributed by atoms with Crippen LogP contribution < -0.4 is 11.1 Å². The van der Waals surface area contributed by atoms with Gasteiger partial charge >= 0.3 is 0 Å². The number of nitrogens with two attached hydrogens (primary N) is 1. The molecular formula is C10H12N2O2S. The summed E-state index contributed by atoms with van der Waals surface area (Å²) in [6.45, 7) is 0.330. The molecule has 5 heteroatoms. The van der Waals surface area contributed by atoms with E-state index in [1.807, 2.05) is 0 Å². The van der Waals surface area contributed by atoms with Crippen molar-refractivity contribution < 1.29 is 8.42 Å². The standard InChI is InChI=1S/C10H12N2O2S/c1-12-6-8-5-7-3-2-4-9(11)10(7)15(8,13)14/h2-5,12H,6,11H2,1H3. The van der Waals surface area contributed by atoms with Crippen molar-refractivity contribution in [1.82, 2.24) is 5.32 Å². The van der Waals surface area contributed by atoms with Crippen molar-refractivity contribution in [1.29, 1.82) is 0 Å². The zero-order chi connectivity index (χ0) is 11.1. The number of sulfone groups is 1. The van der Waals surface area contributed by atoms with Crippen molar-refractivity contribution in [3.63, 3.8) is 0 Å². The third kappa shape index (κ3) is 1.44. The van der Waals surface area contributed by atoms with Gasteiger partial charge in [-0.05, 0) is 24.8 Å². The molecule has 0 radical (unpaired) electrons. The molecule has 0 fully saturated rings. The molecule has 2 rings (SSSR count). The van der Waals surface area contributed by atoms with Crippen molar-refractivity contribution in [2.75, 3.05) is 19.3 Å². The van der Waals surface area contributed by atoms with E-state index in [1.165, 1.54) is 0 Å². The van der Waals surface area contributed by atoms with Crippen molar-refractivity contribution in [3.05, 3.63) is 28.7 Å². The van der Waals surface area contributed by atoms with Crippen molar-refractivity contribution in [3.8, 4) is 0 Å². The summed E-state index contributed by atoms with van der Waals surface area (Å²) in [5, 5.41) is 2.83. The highest BCUT2D eigenvalue weighted by atomic mass is 32.2. The number of fused-ring (bicyclic) bond motifs is 1. The lowest BCUT2D eigenvalue weighted by atomic mass is 10.2. The Balaban J connectivity index is 2.64. The topological polar surface area (TPSA) is 72.2 Å². The van der Waals surface area contributed by atoms with Gasteiger partial charge in [0.25, 0.3) is 0 Å². The van der Waals surface area contributed by atoms with Crippen LogP contribution in [0.1, 0.15) is 5.56 Å². The quantitative estimate of drug-likeness (QED) is 0.722. The van der Waals surface area contributed by atoms with Crippen LogP contribution in [0.2, 0.25) is 0 Å². The second-order valence-corrected chi connectivity index (χ2v) is 5.35. The molecular weight excluding hydrogens is 212 g/mol. The third-order valence-corrected chi connectivity index (χ3v) is 4.32. The van der Waals surface area contributed by atoms with Crippen LogP contribution in [0.25, 0.3) is 6.08 Å². The second-order valence-electron chi connectivity index (χ2n) is 3.41.